The van der Waals surface area contributed by atoms with Crippen molar-refractivity contribution < 1.29 is 9.72 Å². The van der Waals surface area contributed by atoms with Gasteiger partial charge in [-0.2, -0.15) is 0 Å². The van der Waals surface area contributed by atoms with Crippen molar-refractivity contribution in [3.63, 3.8) is 0 Å². The van der Waals surface area contributed by atoms with Gasteiger partial charge in [-0.05, 0) is 24.3 Å². The Balaban J connectivity index is 2.02. The van der Waals surface area contributed by atoms with E-state index in [0.717, 1.165) is 0 Å². The third-order valence-corrected chi connectivity index (χ3v) is 2.99. The van der Waals surface area contributed by atoms with Crippen LogP contribution in [0.15, 0.2) is 54.9 Å². The minimum atomic E-state index is -0.498. The number of hydrogen-bond donors (Lipinski definition) is 0. The van der Waals surface area contributed by atoms with Crippen LogP contribution < -0.4 is 0 Å². The van der Waals surface area contributed by atoms with Gasteiger partial charge in [0.15, 0.2) is 0 Å². The summed E-state index contributed by atoms with van der Waals surface area (Å²) in [5.41, 5.74) is 1.45. The van der Waals surface area contributed by atoms with E-state index in [-0.39, 0.29) is 11.5 Å². The predicted molar refractivity (Wildman–Crippen MR) is 71.7 cm³/mol. The van der Waals surface area contributed by atoms with E-state index in [0.29, 0.717) is 16.9 Å². The molecule has 0 N–H and O–H groups in total. The first-order chi connectivity index (χ1) is 9.66. The minimum Gasteiger partial charge on any atom is -0.297 e. The Hall–Kier alpha value is -3.02. The highest BCUT2D eigenvalue weighted by Gasteiger charge is 2.15. The third-order valence-electron chi connectivity index (χ3n) is 2.99. The van der Waals surface area contributed by atoms with E-state index in [4.69, 9.17) is 0 Å². The minimum absolute atomic E-state index is 0.0420. The standard InChI is InChI=1S/C14H9N3O3/c18-14(10-4-6-11(7-5-10)17(19)20)12-9-15-13-3-1-2-8-16(12)13/h1-9H. The average molecular weight is 267 g/mol. The topological polar surface area (TPSA) is 77.5 Å². The number of hydrogen-bond acceptors (Lipinski definition) is 4. The van der Waals surface area contributed by atoms with Gasteiger partial charge in [-0.15, -0.1) is 0 Å². The molecule has 6 nitrogen and oxygen atoms in total. The molecule has 0 aliphatic heterocycles. The Morgan fingerprint density at radius 1 is 1.15 bits per heavy atom. The summed E-state index contributed by atoms with van der Waals surface area (Å²) in [6.45, 7) is 0. The van der Waals surface area contributed by atoms with Crippen LogP contribution in [0.4, 0.5) is 5.69 Å². The van der Waals surface area contributed by atoms with Gasteiger partial charge < -0.3 is 0 Å². The van der Waals surface area contributed by atoms with Gasteiger partial charge in [-0.3, -0.25) is 19.3 Å². The smallest absolute Gasteiger partial charge is 0.269 e. The van der Waals surface area contributed by atoms with Gasteiger partial charge in [0.2, 0.25) is 5.78 Å². The van der Waals surface area contributed by atoms with Crippen molar-refractivity contribution >= 4 is 17.1 Å². The molecular formula is C14H9N3O3. The number of aromatic nitrogens is 2. The molecule has 0 amide bonds. The van der Waals surface area contributed by atoms with Crippen LogP contribution in [-0.2, 0) is 0 Å². The summed E-state index contributed by atoms with van der Waals surface area (Å²) >= 11 is 0. The normalized spacial score (nSPS) is 10.6. The van der Waals surface area contributed by atoms with Gasteiger partial charge in [-0.25, -0.2) is 4.98 Å². The highest BCUT2D eigenvalue weighted by Crippen LogP contribution is 2.16. The maximum atomic E-state index is 12.4. The lowest BCUT2D eigenvalue weighted by molar-refractivity contribution is -0.384. The fourth-order valence-corrected chi connectivity index (χ4v) is 1.98. The molecular weight excluding hydrogens is 258 g/mol. The largest absolute Gasteiger partial charge is 0.297 e. The maximum Gasteiger partial charge on any atom is 0.269 e. The molecule has 0 atom stereocenters. The quantitative estimate of drug-likeness (QED) is 0.415. The molecule has 0 bridgehead atoms. The lowest BCUT2D eigenvalue weighted by atomic mass is 10.1. The highest BCUT2D eigenvalue weighted by atomic mass is 16.6. The van der Waals surface area contributed by atoms with Crippen LogP contribution in [0.3, 0.4) is 0 Å². The second kappa shape index (κ2) is 4.58. The Morgan fingerprint density at radius 2 is 1.90 bits per heavy atom. The van der Waals surface area contributed by atoms with E-state index in [1.54, 1.807) is 22.7 Å². The summed E-state index contributed by atoms with van der Waals surface area (Å²) in [7, 11) is 0. The first-order valence-electron chi connectivity index (χ1n) is 5.88. The number of carbonyl (C=O) groups excluding carboxylic acids is 1. The van der Waals surface area contributed by atoms with Crippen LogP contribution in [0.25, 0.3) is 5.65 Å². The van der Waals surface area contributed by atoms with Gasteiger partial charge >= 0.3 is 0 Å². The number of non-ortho nitro benzene ring substituents is 1. The summed E-state index contributed by atoms with van der Waals surface area (Å²) in [5.74, 6) is -0.224. The molecule has 0 spiro atoms. The van der Waals surface area contributed by atoms with Crippen LogP contribution in [0, 0.1) is 10.1 Å². The zero-order valence-electron chi connectivity index (χ0n) is 10.3. The molecule has 3 rings (SSSR count). The number of pyridine rings is 1. The van der Waals surface area contributed by atoms with Crippen molar-refractivity contribution in [2.75, 3.05) is 0 Å². The van der Waals surface area contributed by atoms with Crippen molar-refractivity contribution in [1.82, 2.24) is 9.38 Å². The number of rotatable bonds is 3. The van der Waals surface area contributed by atoms with E-state index in [1.807, 2.05) is 6.07 Å². The molecule has 2 aromatic heterocycles. The third kappa shape index (κ3) is 1.93. The van der Waals surface area contributed by atoms with Gasteiger partial charge in [0.1, 0.15) is 11.3 Å². The van der Waals surface area contributed by atoms with Crippen molar-refractivity contribution in [2.45, 2.75) is 0 Å². The first kappa shape index (κ1) is 12.0. The second-order valence-electron chi connectivity index (χ2n) is 4.21. The van der Waals surface area contributed by atoms with E-state index in [9.17, 15) is 14.9 Å². The molecule has 0 fully saturated rings. The van der Waals surface area contributed by atoms with Crippen LogP contribution in [0.2, 0.25) is 0 Å². The Bertz CT molecular complexity index is 806. The number of nitro groups is 1. The van der Waals surface area contributed by atoms with Crippen molar-refractivity contribution in [1.29, 1.82) is 0 Å². The van der Waals surface area contributed by atoms with Crippen LogP contribution in [0.1, 0.15) is 16.1 Å². The summed E-state index contributed by atoms with van der Waals surface area (Å²) in [5, 5.41) is 10.6. The number of carbonyl (C=O) groups is 1. The number of ketones is 1. The van der Waals surface area contributed by atoms with Gasteiger partial charge in [-0.1, -0.05) is 6.07 Å². The van der Waals surface area contributed by atoms with E-state index >= 15 is 0 Å². The molecule has 0 saturated carbocycles. The van der Waals surface area contributed by atoms with Crippen LogP contribution >= 0.6 is 0 Å². The zero-order valence-corrected chi connectivity index (χ0v) is 10.3. The first-order valence-corrected chi connectivity index (χ1v) is 5.88. The number of benzene rings is 1. The highest BCUT2D eigenvalue weighted by molar-refractivity contribution is 6.08. The second-order valence-corrected chi connectivity index (χ2v) is 4.21. The Kier molecular flexibility index (Phi) is 2.76. The average Bonchev–Trinajstić information content (AvgIpc) is 2.90. The molecule has 98 valence electrons. The number of imidazole rings is 1. The molecule has 0 aliphatic carbocycles. The molecule has 0 radical (unpaired) electrons. The molecule has 1 aromatic carbocycles. The van der Waals surface area contributed by atoms with Gasteiger partial charge in [0.05, 0.1) is 11.1 Å². The molecule has 0 saturated heterocycles. The Morgan fingerprint density at radius 3 is 2.60 bits per heavy atom. The van der Waals surface area contributed by atoms with Crippen LogP contribution in [0.5, 0.6) is 0 Å². The van der Waals surface area contributed by atoms with Crippen molar-refractivity contribution in [3.8, 4) is 0 Å². The maximum absolute atomic E-state index is 12.4. The zero-order chi connectivity index (χ0) is 14.1. The summed E-state index contributed by atoms with van der Waals surface area (Å²) in [4.78, 5) is 26.6. The molecule has 6 heteroatoms. The predicted octanol–water partition coefficient (Wildman–Crippen LogP) is 2.47. The fraction of sp³-hybridized carbons (Fsp3) is 0. The molecule has 2 heterocycles. The number of nitrogens with zero attached hydrogens (tertiary/aromatic N) is 3. The summed E-state index contributed by atoms with van der Waals surface area (Å²) in [6.07, 6.45) is 3.25. The lowest BCUT2D eigenvalue weighted by Gasteiger charge is -2.01. The fourth-order valence-electron chi connectivity index (χ4n) is 1.98. The van der Waals surface area contributed by atoms with Gasteiger partial charge in [0.25, 0.3) is 5.69 Å². The molecule has 20 heavy (non-hydrogen) atoms. The summed E-state index contributed by atoms with van der Waals surface area (Å²) < 4.78 is 1.68. The van der Waals surface area contributed by atoms with Crippen LogP contribution in [-0.4, -0.2) is 20.1 Å². The SMILES string of the molecule is O=C(c1ccc([N+](=O)[O-])cc1)c1cnc2ccccn12. The van der Waals surface area contributed by atoms with Gasteiger partial charge in [0, 0.05) is 23.9 Å². The molecule has 3 aromatic rings. The molecule has 0 aliphatic rings. The molecule has 0 unspecified atom stereocenters. The van der Waals surface area contributed by atoms with Crippen molar-refractivity contribution in [2.24, 2.45) is 0 Å². The number of fused-ring (bicyclic) bond motifs is 1. The van der Waals surface area contributed by atoms with E-state index < -0.39 is 4.92 Å². The Labute approximate surface area is 113 Å². The van der Waals surface area contributed by atoms with E-state index in [2.05, 4.69) is 4.98 Å². The van der Waals surface area contributed by atoms with E-state index in [1.165, 1.54) is 30.5 Å². The lowest BCUT2D eigenvalue weighted by Crippen LogP contribution is -2.05. The number of nitro benzene ring substituents is 1. The summed E-state index contributed by atoms with van der Waals surface area (Å²) in [6, 6.07) is 11.0. The van der Waals surface area contributed by atoms with Crippen molar-refractivity contribution in [3.05, 3.63) is 76.2 Å². The monoisotopic (exact) mass is 267 g/mol.